The smallest absolute Gasteiger partial charge is 0.872 e. The minimum atomic E-state index is -0.998. The van der Waals surface area contributed by atoms with Crippen molar-refractivity contribution in [1.29, 1.82) is 0 Å². The van der Waals surface area contributed by atoms with Crippen LogP contribution in [-0.4, -0.2) is 22.2 Å². The van der Waals surface area contributed by atoms with Crippen molar-refractivity contribution >= 4 is 11.9 Å². The Balaban J connectivity index is 0. The van der Waals surface area contributed by atoms with Crippen LogP contribution in [0.1, 0.15) is 31.8 Å². The van der Waals surface area contributed by atoms with Crippen molar-refractivity contribution in [2.45, 2.75) is 13.8 Å². The van der Waals surface area contributed by atoms with Crippen LogP contribution >= 0.6 is 0 Å². The van der Waals surface area contributed by atoms with Crippen molar-refractivity contribution in [3.8, 4) is 11.5 Å². The molecule has 0 aliphatic heterocycles. The van der Waals surface area contributed by atoms with Crippen molar-refractivity contribution in [3.63, 3.8) is 0 Å². The Hall–Kier alpha value is -1.02. The fourth-order valence-corrected chi connectivity index (χ4v) is 1.75. The molecule has 0 atom stereocenters. The van der Waals surface area contributed by atoms with E-state index >= 15 is 0 Å². The van der Waals surface area contributed by atoms with Gasteiger partial charge in [-0.25, -0.2) is 9.59 Å². The van der Waals surface area contributed by atoms with Crippen LogP contribution in [0.25, 0.3) is 0 Å². The van der Waals surface area contributed by atoms with Crippen LogP contribution < -0.4 is 69.3 Å². The van der Waals surface area contributed by atoms with E-state index in [0.29, 0.717) is 11.1 Å². The average molecular weight is 348 g/mol. The zero-order valence-electron chi connectivity index (χ0n) is 14.0. The fourth-order valence-electron chi connectivity index (χ4n) is 1.75. The normalized spacial score (nSPS) is 8.75. The minimum absolute atomic E-state index is 0. The van der Waals surface area contributed by atoms with E-state index in [2.05, 4.69) is 0 Å². The predicted octanol–water partition coefficient (Wildman–Crippen LogP) is -4.46. The second kappa shape index (κ2) is 11.5. The van der Waals surface area contributed by atoms with Crippen LogP contribution in [0.15, 0.2) is 36.4 Å². The quantitative estimate of drug-likeness (QED) is 0.528. The van der Waals surface area contributed by atoms with E-state index in [9.17, 15) is 19.8 Å². The first-order chi connectivity index (χ1) is 10.2. The summed E-state index contributed by atoms with van der Waals surface area (Å²) >= 11 is 0. The summed E-state index contributed by atoms with van der Waals surface area (Å²) in [7, 11) is 0. The van der Waals surface area contributed by atoms with Gasteiger partial charge in [0.1, 0.15) is 0 Å². The molecular formula is C16H14Na2O6. The number of carboxylic acid groups (broad SMARTS) is 2. The molecule has 0 saturated carbocycles. The van der Waals surface area contributed by atoms with Crippen molar-refractivity contribution < 1.29 is 89.1 Å². The molecule has 8 heteroatoms. The first-order valence-corrected chi connectivity index (χ1v) is 6.24. The molecule has 0 saturated heterocycles. The van der Waals surface area contributed by atoms with E-state index in [4.69, 9.17) is 10.2 Å². The van der Waals surface area contributed by atoms with E-state index in [1.807, 2.05) is 0 Å². The average Bonchev–Trinajstić information content (AvgIpc) is 2.38. The molecule has 0 unspecified atom stereocenters. The van der Waals surface area contributed by atoms with E-state index < -0.39 is 11.9 Å². The maximum absolute atomic E-state index is 10.7. The van der Waals surface area contributed by atoms with Gasteiger partial charge < -0.3 is 20.4 Å². The Morgan fingerprint density at radius 3 is 1.25 bits per heavy atom. The third-order valence-corrected chi connectivity index (χ3v) is 2.86. The molecule has 0 aromatic heterocycles. The molecule has 0 spiro atoms. The number of hydrogen-bond acceptors (Lipinski definition) is 4. The molecule has 2 aromatic rings. The van der Waals surface area contributed by atoms with E-state index in [0.717, 1.165) is 0 Å². The van der Waals surface area contributed by atoms with E-state index in [1.165, 1.54) is 36.4 Å². The molecule has 0 heterocycles. The van der Waals surface area contributed by atoms with Gasteiger partial charge in [0.2, 0.25) is 0 Å². The summed E-state index contributed by atoms with van der Waals surface area (Å²) in [4.78, 5) is 20.9. The molecule has 0 aliphatic carbocycles. The first-order valence-electron chi connectivity index (χ1n) is 6.24. The van der Waals surface area contributed by atoms with Crippen molar-refractivity contribution in [2.75, 3.05) is 0 Å². The summed E-state index contributed by atoms with van der Waals surface area (Å²) in [5, 5.41) is 38.5. The maximum Gasteiger partial charge on any atom is 1.00 e. The molecule has 6 nitrogen and oxygen atoms in total. The van der Waals surface area contributed by atoms with E-state index in [1.54, 1.807) is 13.8 Å². The van der Waals surface area contributed by atoms with Crippen molar-refractivity contribution in [1.82, 2.24) is 0 Å². The number of aromatic carboxylic acids is 2. The Bertz CT molecular complexity index is 654. The topological polar surface area (TPSA) is 121 Å². The van der Waals surface area contributed by atoms with E-state index in [-0.39, 0.29) is 81.7 Å². The standard InChI is InChI=1S/2C8H8O3.2Na/c2*1-5-4-6(9)2-3-7(5)8(10)11;;/h2*2-4,9H,1H3,(H,10,11);;/q;;2*+1/p-2. The van der Waals surface area contributed by atoms with Gasteiger partial charge in [0, 0.05) is 0 Å². The Kier molecular flexibility index (Phi) is 12.1. The minimum Gasteiger partial charge on any atom is -0.872 e. The maximum atomic E-state index is 10.7. The second-order valence-electron chi connectivity index (χ2n) is 4.56. The number of benzene rings is 2. The van der Waals surface area contributed by atoms with Gasteiger partial charge in [0.15, 0.2) is 0 Å². The van der Waals surface area contributed by atoms with Gasteiger partial charge in [-0.3, -0.25) is 0 Å². The Morgan fingerprint density at radius 2 is 1.04 bits per heavy atom. The molecule has 2 N–H and O–H groups in total. The van der Waals surface area contributed by atoms with Crippen molar-refractivity contribution in [2.24, 2.45) is 0 Å². The molecule has 24 heavy (non-hydrogen) atoms. The van der Waals surface area contributed by atoms with Gasteiger partial charge >= 0.3 is 71.1 Å². The number of aryl methyl sites for hydroxylation is 2. The molecule has 2 aromatic carbocycles. The molecular weight excluding hydrogens is 334 g/mol. The predicted molar refractivity (Wildman–Crippen MR) is 75.2 cm³/mol. The van der Waals surface area contributed by atoms with Crippen LogP contribution in [0.5, 0.6) is 11.5 Å². The number of carbonyl (C=O) groups is 2. The second-order valence-corrected chi connectivity index (χ2v) is 4.56. The monoisotopic (exact) mass is 348 g/mol. The SMILES string of the molecule is Cc1cc([O-])ccc1C(=O)O.Cc1cc([O-])ccc1C(=O)O.[Na+].[Na+]. The third-order valence-electron chi connectivity index (χ3n) is 2.86. The van der Waals surface area contributed by atoms with Crippen LogP contribution in [0.4, 0.5) is 0 Å². The number of hydrogen-bond donors (Lipinski definition) is 2. The van der Waals surface area contributed by atoms with Crippen LogP contribution in [0.2, 0.25) is 0 Å². The van der Waals surface area contributed by atoms with Crippen LogP contribution in [-0.2, 0) is 0 Å². The Labute approximate surface area is 183 Å². The van der Waals surface area contributed by atoms with Gasteiger partial charge in [0.05, 0.1) is 11.1 Å². The van der Waals surface area contributed by atoms with Gasteiger partial charge in [0.25, 0.3) is 0 Å². The number of rotatable bonds is 2. The molecule has 0 fully saturated rings. The van der Waals surface area contributed by atoms with Gasteiger partial charge in [-0.1, -0.05) is 24.3 Å². The summed E-state index contributed by atoms with van der Waals surface area (Å²) in [6, 6.07) is 7.75. The molecule has 0 bridgehead atoms. The van der Waals surface area contributed by atoms with Crippen molar-refractivity contribution in [3.05, 3.63) is 58.7 Å². The summed E-state index contributed by atoms with van der Waals surface area (Å²) in [6.07, 6.45) is 0. The molecule has 0 radical (unpaired) electrons. The van der Waals surface area contributed by atoms with Gasteiger partial charge in [-0.05, 0) is 37.1 Å². The summed E-state index contributed by atoms with van der Waals surface area (Å²) in [6.45, 7) is 3.20. The van der Waals surface area contributed by atoms with Gasteiger partial charge in [-0.2, -0.15) is 0 Å². The third kappa shape index (κ3) is 7.70. The molecule has 0 aliphatic rings. The first kappa shape index (κ1) is 25.2. The summed E-state index contributed by atoms with van der Waals surface area (Å²) in [5.74, 6) is -2.31. The number of carboxylic acids is 2. The molecule has 0 amide bonds. The van der Waals surface area contributed by atoms with Crippen LogP contribution in [0.3, 0.4) is 0 Å². The zero-order valence-corrected chi connectivity index (χ0v) is 18.0. The molecule has 116 valence electrons. The molecule has 2 rings (SSSR count). The largest absolute Gasteiger partial charge is 1.00 e. The summed E-state index contributed by atoms with van der Waals surface area (Å²) in [5.41, 5.74) is 1.38. The van der Waals surface area contributed by atoms with Crippen LogP contribution in [0, 0.1) is 13.8 Å². The Morgan fingerprint density at radius 1 is 0.750 bits per heavy atom. The zero-order chi connectivity index (χ0) is 16.9. The van der Waals surface area contributed by atoms with Gasteiger partial charge in [-0.15, -0.1) is 11.5 Å². The summed E-state index contributed by atoms with van der Waals surface area (Å²) < 4.78 is 0. The fraction of sp³-hybridized carbons (Fsp3) is 0.125.